The summed E-state index contributed by atoms with van der Waals surface area (Å²) >= 11 is 2.33. The summed E-state index contributed by atoms with van der Waals surface area (Å²) in [7, 11) is 0.0554. The van der Waals surface area contributed by atoms with Gasteiger partial charge >= 0.3 is 0 Å². The van der Waals surface area contributed by atoms with Crippen molar-refractivity contribution in [3.05, 3.63) is 9.75 Å². The molecule has 0 unspecified atom stereocenters. The molecular weight excluding hydrogens is 478 g/mol. The summed E-state index contributed by atoms with van der Waals surface area (Å²) in [4.78, 5) is 3.77. The molecule has 0 atom stereocenters. The average Bonchev–Trinajstić information content (AvgIpc) is 3.29. The minimum atomic E-state index is 0.0277. The fraction of sp³-hybridized carbons (Fsp3) is 0.875. The first-order chi connectivity index (χ1) is 17.3. The van der Waals surface area contributed by atoms with Gasteiger partial charge < -0.3 is 0 Å². The molecule has 0 aliphatic heterocycles. The van der Waals surface area contributed by atoms with Gasteiger partial charge in [-0.25, -0.2) is 0 Å². The predicted octanol–water partition coefficient (Wildman–Crippen LogP) is 10.4. The second-order valence-electron chi connectivity index (χ2n) is 12.3. The number of rotatable bonds is 8. The Morgan fingerprint density at radius 3 is 0.943 bits per heavy atom. The molecular formula is C32H54P2S. The Morgan fingerprint density at radius 2 is 0.714 bits per heavy atom. The predicted molar refractivity (Wildman–Crippen MR) is 164 cm³/mol. The van der Waals surface area contributed by atoms with Crippen molar-refractivity contribution in [2.75, 3.05) is 0 Å². The van der Waals surface area contributed by atoms with E-state index >= 15 is 0 Å². The van der Waals surface area contributed by atoms with Gasteiger partial charge in [0.25, 0.3) is 0 Å². The van der Waals surface area contributed by atoms with Crippen molar-refractivity contribution >= 4 is 37.8 Å². The summed E-state index contributed by atoms with van der Waals surface area (Å²) in [6.45, 7) is 5.02. The van der Waals surface area contributed by atoms with Crippen LogP contribution in [0.3, 0.4) is 0 Å². The van der Waals surface area contributed by atoms with E-state index in [0.717, 1.165) is 22.6 Å². The van der Waals surface area contributed by atoms with E-state index in [1.165, 1.54) is 89.9 Å². The van der Waals surface area contributed by atoms with Crippen LogP contribution >= 0.6 is 27.2 Å². The molecule has 198 valence electrons. The van der Waals surface area contributed by atoms with Crippen molar-refractivity contribution < 1.29 is 0 Å². The Labute approximate surface area is 224 Å². The molecule has 1 aromatic rings. The lowest BCUT2D eigenvalue weighted by molar-refractivity contribution is 0.486. The number of hydrogen-bond donors (Lipinski definition) is 0. The summed E-state index contributed by atoms with van der Waals surface area (Å²) in [5, 5.41) is 4.20. The molecule has 35 heavy (non-hydrogen) atoms. The van der Waals surface area contributed by atoms with Crippen LogP contribution in [0.2, 0.25) is 0 Å². The molecule has 4 fully saturated rings. The van der Waals surface area contributed by atoms with Crippen molar-refractivity contribution in [3.8, 4) is 0 Å². The summed E-state index contributed by atoms with van der Waals surface area (Å²) in [6.07, 6.45) is 33.4. The lowest BCUT2D eigenvalue weighted by Gasteiger charge is -2.43. The van der Waals surface area contributed by atoms with E-state index in [4.69, 9.17) is 0 Å². The Morgan fingerprint density at radius 1 is 0.457 bits per heavy atom. The Balaban J connectivity index is 1.62. The highest BCUT2D eigenvalue weighted by Gasteiger charge is 2.41. The largest absolute Gasteiger partial charge is 0.144 e. The van der Waals surface area contributed by atoms with Gasteiger partial charge in [-0.1, -0.05) is 107 Å². The third-order valence-electron chi connectivity index (χ3n) is 10.0. The third-order valence-corrected chi connectivity index (χ3v) is 19.2. The van der Waals surface area contributed by atoms with E-state index in [-0.39, 0.29) is 15.8 Å². The van der Waals surface area contributed by atoms with Gasteiger partial charge in [0.15, 0.2) is 0 Å². The van der Waals surface area contributed by atoms with Crippen LogP contribution in [0.5, 0.6) is 0 Å². The lowest BCUT2D eigenvalue weighted by atomic mass is 9.99. The second kappa shape index (κ2) is 13.6. The highest BCUT2D eigenvalue weighted by Crippen LogP contribution is 2.61. The quantitative estimate of drug-likeness (QED) is 0.292. The van der Waals surface area contributed by atoms with Crippen LogP contribution in [0, 0.1) is 0 Å². The van der Waals surface area contributed by atoms with Crippen LogP contribution in [0.15, 0.2) is 0 Å². The summed E-state index contributed by atoms with van der Waals surface area (Å²) < 4.78 is 0. The van der Waals surface area contributed by atoms with Gasteiger partial charge in [0.1, 0.15) is 0 Å². The monoisotopic (exact) mass is 532 g/mol. The van der Waals surface area contributed by atoms with E-state index in [1.807, 2.05) is 9.75 Å². The van der Waals surface area contributed by atoms with E-state index in [2.05, 4.69) is 35.8 Å². The molecule has 4 aliphatic carbocycles. The maximum atomic E-state index is 2.51. The normalized spacial score (nSPS) is 24.6. The molecule has 1 heterocycles. The fourth-order valence-corrected chi connectivity index (χ4v) is 19.0. The molecule has 3 heteroatoms. The summed E-state index contributed by atoms with van der Waals surface area (Å²) in [5.41, 5.74) is 4.22. The standard InChI is InChI=1S/C32H54P2S/c1-3-29-31(33(25-17-9-5-10-18-25)26-19-11-6-12-20-26)32(30(4-2)35-29)34(27-21-13-7-14-22-27)28-23-15-8-16-24-28/h25-28H,3-24H2,1-2H3. The first kappa shape index (κ1) is 27.1. The Bertz CT molecular complexity index is 662. The molecule has 0 spiro atoms. The van der Waals surface area contributed by atoms with Gasteiger partial charge in [0.05, 0.1) is 0 Å². The zero-order valence-corrected chi connectivity index (χ0v) is 25.8. The minimum absolute atomic E-state index is 0.0277. The molecule has 0 nitrogen and oxygen atoms in total. The van der Waals surface area contributed by atoms with Crippen LogP contribution in [0.25, 0.3) is 0 Å². The number of hydrogen-bond acceptors (Lipinski definition) is 1. The van der Waals surface area contributed by atoms with Crippen LogP contribution in [-0.4, -0.2) is 22.6 Å². The Kier molecular flexibility index (Phi) is 10.5. The summed E-state index contributed by atoms with van der Waals surface area (Å²) in [5.74, 6) is 0. The summed E-state index contributed by atoms with van der Waals surface area (Å²) in [6, 6.07) is 0. The minimum Gasteiger partial charge on any atom is -0.144 e. The van der Waals surface area contributed by atoms with Crippen molar-refractivity contribution in [2.45, 2.75) is 178 Å². The van der Waals surface area contributed by atoms with Gasteiger partial charge in [-0.05, 0) is 97.5 Å². The van der Waals surface area contributed by atoms with E-state index in [0.29, 0.717) is 0 Å². The molecule has 0 radical (unpaired) electrons. The maximum absolute atomic E-state index is 2.51. The molecule has 4 aliphatic rings. The van der Waals surface area contributed by atoms with Crippen molar-refractivity contribution in [1.29, 1.82) is 0 Å². The molecule has 4 saturated carbocycles. The topological polar surface area (TPSA) is 0 Å². The van der Waals surface area contributed by atoms with Crippen LogP contribution in [-0.2, 0) is 12.8 Å². The highest BCUT2D eigenvalue weighted by atomic mass is 32.1. The van der Waals surface area contributed by atoms with Crippen LogP contribution < -0.4 is 10.6 Å². The molecule has 0 aromatic carbocycles. The lowest BCUT2D eigenvalue weighted by Crippen LogP contribution is -2.37. The first-order valence-electron chi connectivity index (χ1n) is 16.0. The highest BCUT2D eigenvalue weighted by molar-refractivity contribution is 7.74. The van der Waals surface area contributed by atoms with Gasteiger partial charge in [-0.2, -0.15) is 0 Å². The van der Waals surface area contributed by atoms with E-state index in [9.17, 15) is 0 Å². The van der Waals surface area contributed by atoms with Crippen molar-refractivity contribution in [2.24, 2.45) is 0 Å². The van der Waals surface area contributed by atoms with E-state index in [1.54, 1.807) is 51.4 Å². The van der Waals surface area contributed by atoms with Gasteiger partial charge in [0, 0.05) is 9.75 Å². The zero-order chi connectivity index (χ0) is 24.0. The number of aryl methyl sites for hydroxylation is 2. The molecule has 0 N–H and O–H groups in total. The zero-order valence-electron chi connectivity index (χ0n) is 23.2. The maximum Gasteiger partial charge on any atom is 0.0129 e. The molecule has 0 saturated heterocycles. The molecule has 0 amide bonds. The molecule has 5 rings (SSSR count). The van der Waals surface area contributed by atoms with Crippen molar-refractivity contribution in [1.82, 2.24) is 0 Å². The fourth-order valence-electron chi connectivity index (χ4n) is 8.28. The van der Waals surface area contributed by atoms with Crippen LogP contribution in [0.1, 0.15) is 152 Å². The average molecular weight is 533 g/mol. The number of thiophene rings is 1. The van der Waals surface area contributed by atoms with Gasteiger partial charge in [-0.3, -0.25) is 0 Å². The Hall–Kier alpha value is 0.560. The molecule has 0 bridgehead atoms. The molecule has 1 aromatic heterocycles. The SMILES string of the molecule is CCc1sc(CC)c(P(C2CCCCC2)C2CCCCC2)c1P(C1CCCCC1)C1CCCCC1. The van der Waals surface area contributed by atoms with E-state index < -0.39 is 0 Å². The smallest absolute Gasteiger partial charge is 0.0129 e. The van der Waals surface area contributed by atoms with Gasteiger partial charge in [0.2, 0.25) is 0 Å². The van der Waals surface area contributed by atoms with Gasteiger partial charge in [-0.15, -0.1) is 11.3 Å². The second-order valence-corrected chi connectivity index (χ2v) is 19.0. The third kappa shape index (κ3) is 6.25. The first-order valence-corrected chi connectivity index (χ1v) is 19.8. The van der Waals surface area contributed by atoms with Crippen LogP contribution in [0.4, 0.5) is 0 Å². The van der Waals surface area contributed by atoms with Crippen molar-refractivity contribution in [3.63, 3.8) is 0 Å².